The van der Waals surface area contributed by atoms with Crippen LogP contribution in [0.5, 0.6) is 0 Å². The number of hydrogen-bond donors (Lipinski definition) is 1. The first-order chi connectivity index (χ1) is 12.3. The van der Waals surface area contributed by atoms with Gasteiger partial charge in [0.2, 0.25) is 0 Å². The van der Waals surface area contributed by atoms with E-state index in [1.54, 1.807) is 0 Å². The van der Waals surface area contributed by atoms with Crippen LogP contribution in [0.2, 0.25) is 0 Å². The molecule has 0 fully saturated rings. The lowest BCUT2D eigenvalue weighted by Crippen LogP contribution is -2.24. The topological polar surface area (TPSA) is 35.8 Å². The summed E-state index contributed by atoms with van der Waals surface area (Å²) in [5.41, 5.74) is 0. The Morgan fingerprint density at radius 1 is 0.880 bits per heavy atom. The first-order valence-electron chi connectivity index (χ1n) is 11.0. The van der Waals surface area contributed by atoms with Crippen LogP contribution in [-0.4, -0.2) is 28.7 Å². The number of amidine groups is 1. The molecule has 0 radical (unpaired) electrons. The van der Waals surface area contributed by atoms with E-state index in [1.807, 2.05) is 0 Å². The molecule has 1 heterocycles. The zero-order valence-corrected chi connectivity index (χ0v) is 16.9. The van der Waals surface area contributed by atoms with Crippen LogP contribution in [-0.2, 0) is 0 Å². The summed E-state index contributed by atoms with van der Waals surface area (Å²) in [4.78, 5) is 4.53. The summed E-state index contributed by atoms with van der Waals surface area (Å²) in [6.45, 7) is 5.07. The molecule has 0 aromatic heterocycles. The van der Waals surface area contributed by atoms with Crippen molar-refractivity contribution >= 4 is 5.84 Å². The van der Waals surface area contributed by atoms with Crippen LogP contribution in [0.25, 0.3) is 0 Å². The van der Waals surface area contributed by atoms with Crippen LogP contribution in [0.15, 0.2) is 17.1 Å². The molecule has 1 aliphatic heterocycles. The molecular formula is C22H42N2O. The minimum Gasteiger partial charge on any atom is -0.287 e. The van der Waals surface area contributed by atoms with Gasteiger partial charge in [0.1, 0.15) is 5.84 Å². The van der Waals surface area contributed by atoms with Gasteiger partial charge < -0.3 is 0 Å². The van der Waals surface area contributed by atoms with Crippen LogP contribution in [0.4, 0.5) is 0 Å². The molecular weight excluding hydrogens is 308 g/mol. The first kappa shape index (κ1) is 22.2. The average Bonchev–Trinajstić information content (AvgIpc) is 2.98. The van der Waals surface area contributed by atoms with Crippen molar-refractivity contribution in [3.63, 3.8) is 0 Å². The van der Waals surface area contributed by atoms with Crippen molar-refractivity contribution in [1.82, 2.24) is 5.06 Å². The number of nitrogens with zero attached hydrogens (tertiary/aromatic N) is 2. The first-order valence-corrected chi connectivity index (χ1v) is 11.0. The summed E-state index contributed by atoms with van der Waals surface area (Å²) in [5.74, 6) is 0.831. The smallest absolute Gasteiger partial charge is 0.127 e. The largest absolute Gasteiger partial charge is 0.287 e. The molecule has 1 unspecified atom stereocenters. The third-order valence-corrected chi connectivity index (χ3v) is 5.18. The number of rotatable bonds is 16. The number of aliphatic imine (C=N–C) groups is 1. The predicted octanol–water partition coefficient (Wildman–Crippen LogP) is 6.91. The lowest BCUT2D eigenvalue weighted by Gasteiger charge is -2.10. The molecule has 3 heteroatoms. The summed E-state index contributed by atoms with van der Waals surface area (Å²) < 4.78 is 0. The molecule has 0 aromatic carbocycles. The van der Waals surface area contributed by atoms with Crippen molar-refractivity contribution in [2.45, 2.75) is 116 Å². The third kappa shape index (κ3) is 11.4. The van der Waals surface area contributed by atoms with Crippen molar-refractivity contribution in [3.05, 3.63) is 12.2 Å². The fourth-order valence-electron chi connectivity index (χ4n) is 3.41. The second-order valence-corrected chi connectivity index (χ2v) is 7.54. The van der Waals surface area contributed by atoms with Crippen LogP contribution in [0.3, 0.4) is 0 Å². The molecule has 1 aliphatic rings. The molecule has 0 aliphatic carbocycles. The van der Waals surface area contributed by atoms with Gasteiger partial charge in [-0.05, 0) is 19.3 Å². The Hall–Kier alpha value is -0.830. The van der Waals surface area contributed by atoms with Gasteiger partial charge >= 0.3 is 0 Å². The molecule has 0 amide bonds. The standard InChI is InChI=1S/C22H42N2O/c1-3-5-6-7-8-9-10-11-12-13-14-15-16-17-18-19-22-23-21(4-2)20-24(22)25/h17-18,21,25H,3-16,19-20H2,1-2H3. The Balaban J connectivity index is 1.84. The van der Waals surface area contributed by atoms with Gasteiger partial charge in [-0.3, -0.25) is 10.2 Å². The Bertz CT molecular complexity index is 365. The SMILES string of the molecule is CCCCCCCCCCCCCCC=CCC1=NC(CC)CN1O. The van der Waals surface area contributed by atoms with Crippen LogP contribution in [0.1, 0.15) is 110 Å². The van der Waals surface area contributed by atoms with E-state index in [0.717, 1.165) is 25.1 Å². The molecule has 25 heavy (non-hydrogen) atoms. The van der Waals surface area contributed by atoms with Crippen LogP contribution in [0, 0.1) is 0 Å². The highest BCUT2D eigenvalue weighted by Crippen LogP contribution is 2.14. The number of hydroxylamine groups is 2. The second kappa shape index (κ2) is 15.4. The summed E-state index contributed by atoms with van der Waals surface area (Å²) in [5, 5.41) is 11.1. The van der Waals surface area contributed by atoms with E-state index in [4.69, 9.17) is 0 Å². The van der Waals surface area contributed by atoms with Gasteiger partial charge in [0.05, 0.1) is 12.6 Å². The summed E-state index contributed by atoms with van der Waals surface area (Å²) in [7, 11) is 0. The maximum absolute atomic E-state index is 9.77. The maximum Gasteiger partial charge on any atom is 0.127 e. The fourth-order valence-corrected chi connectivity index (χ4v) is 3.41. The van der Waals surface area contributed by atoms with Crippen molar-refractivity contribution in [3.8, 4) is 0 Å². The zero-order valence-electron chi connectivity index (χ0n) is 16.9. The van der Waals surface area contributed by atoms with Gasteiger partial charge in [0, 0.05) is 6.42 Å². The highest BCUT2D eigenvalue weighted by molar-refractivity contribution is 5.84. The van der Waals surface area contributed by atoms with Gasteiger partial charge in [-0.1, -0.05) is 96.6 Å². The molecule has 0 saturated heterocycles. The normalized spacial score (nSPS) is 17.6. The number of hydrogen-bond acceptors (Lipinski definition) is 3. The third-order valence-electron chi connectivity index (χ3n) is 5.18. The van der Waals surface area contributed by atoms with E-state index < -0.39 is 0 Å². The van der Waals surface area contributed by atoms with Gasteiger partial charge in [0.15, 0.2) is 0 Å². The van der Waals surface area contributed by atoms with Gasteiger partial charge in [-0.15, -0.1) is 0 Å². The molecule has 0 aromatic rings. The Labute approximate surface area is 156 Å². The van der Waals surface area contributed by atoms with Gasteiger partial charge in [0.25, 0.3) is 0 Å². The minimum absolute atomic E-state index is 0.282. The number of allylic oxidation sites excluding steroid dienone is 1. The highest BCUT2D eigenvalue weighted by Gasteiger charge is 2.20. The predicted molar refractivity (Wildman–Crippen MR) is 109 cm³/mol. The molecule has 0 bridgehead atoms. The molecule has 146 valence electrons. The summed E-state index contributed by atoms with van der Waals surface area (Å²) >= 11 is 0. The minimum atomic E-state index is 0.282. The quantitative estimate of drug-likeness (QED) is 0.242. The van der Waals surface area contributed by atoms with Gasteiger partial charge in [-0.2, -0.15) is 0 Å². The van der Waals surface area contributed by atoms with Crippen LogP contribution >= 0.6 is 0 Å². The Morgan fingerprint density at radius 3 is 1.96 bits per heavy atom. The lowest BCUT2D eigenvalue weighted by atomic mass is 10.0. The van der Waals surface area contributed by atoms with Crippen molar-refractivity contribution in [2.75, 3.05) is 6.54 Å². The molecule has 0 saturated carbocycles. The van der Waals surface area contributed by atoms with E-state index in [9.17, 15) is 5.21 Å². The molecule has 1 rings (SSSR count). The second-order valence-electron chi connectivity index (χ2n) is 7.54. The van der Waals surface area contributed by atoms with E-state index in [0.29, 0.717) is 6.54 Å². The van der Waals surface area contributed by atoms with E-state index in [2.05, 4.69) is 31.0 Å². The molecule has 3 nitrogen and oxygen atoms in total. The molecule has 1 N–H and O–H groups in total. The van der Waals surface area contributed by atoms with Crippen molar-refractivity contribution in [1.29, 1.82) is 0 Å². The lowest BCUT2D eigenvalue weighted by molar-refractivity contribution is -0.00964. The van der Waals surface area contributed by atoms with Gasteiger partial charge in [-0.25, -0.2) is 5.06 Å². The maximum atomic E-state index is 9.77. The number of unbranched alkanes of at least 4 members (excludes halogenated alkanes) is 12. The highest BCUT2D eigenvalue weighted by atomic mass is 16.5. The van der Waals surface area contributed by atoms with E-state index >= 15 is 0 Å². The summed E-state index contributed by atoms with van der Waals surface area (Å²) in [6.07, 6.45) is 24.2. The van der Waals surface area contributed by atoms with E-state index in [1.165, 1.54) is 82.1 Å². The summed E-state index contributed by atoms with van der Waals surface area (Å²) in [6, 6.07) is 0.282. The Kier molecular flexibility index (Phi) is 13.7. The van der Waals surface area contributed by atoms with Crippen LogP contribution < -0.4 is 0 Å². The fraction of sp³-hybridized carbons (Fsp3) is 0.864. The zero-order chi connectivity index (χ0) is 18.2. The Morgan fingerprint density at radius 2 is 1.44 bits per heavy atom. The van der Waals surface area contributed by atoms with Crippen molar-refractivity contribution in [2.24, 2.45) is 4.99 Å². The molecule has 1 atom stereocenters. The molecule has 0 spiro atoms. The van der Waals surface area contributed by atoms with E-state index in [-0.39, 0.29) is 6.04 Å². The van der Waals surface area contributed by atoms with Crippen molar-refractivity contribution < 1.29 is 5.21 Å². The average molecular weight is 351 g/mol. The monoisotopic (exact) mass is 350 g/mol.